The minimum atomic E-state index is -0.479. The van der Waals surface area contributed by atoms with Crippen LogP contribution in [0.15, 0.2) is 18.2 Å². The predicted octanol–water partition coefficient (Wildman–Crippen LogP) is 2.24. The van der Waals surface area contributed by atoms with Crippen molar-refractivity contribution in [2.75, 3.05) is 18.5 Å². The molecule has 102 valence electrons. The van der Waals surface area contributed by atoms with Crippen LogP contribution in [0.5, 0.6) is 0 Å². The molecular formula is C13H16N2O4. The van der Waals surface area contributed by atoms with Crippen LogP contribution in [0, 0.1) is 16.0 Å². The molecule has 1 aromatic rings. The molecule has 0 saturated carbocycles. The summed E-state index contributed by atoms with van der Waals surface area (Å²) < 4.78 is 5.31. The van der Waals surface area contributed by atoms with Gasteiger partial charge in [0, 0.05) is 30.2 Å². The van der Waals surface area contributed by atoms with Gasteiger partial charge in [-0.05, 0) is 25.5 Å². The number of nitro groups is 1. The van der Waals surface area contributed by atoms with Gasteiger partial charge in [0.15, 0.2) is 0 Å². The topological polar surface area (TPSA) is 81.5 Å². The van der Waals surface area contributed by atoms with E-state index in [1.807, 2.05) is 6.92 Å². The Bertz CT molecular complexity index is 484. The molecular weight excluding hydrogens is 248 g/mol. The first-order valence-corrected chi connectivity index (χ1v) is 6.19. The van der Waals surface area contributed by atoms with E-state index in [0.29, 0.717) is 30.1 Å². The molecule has 2 rings (SSSR count). The number of hydrogen-bond acceptors (Lipinski definition) is 5. The van der Waals surface area contributed by atoms with E-state index in [-0.39, 0.29) is 11.7 Å². The summed E-state index contributed by atoms with van der Waals surface area (Å²) in [7, 11) is 0. The monoisotopic (exact) mass is 264 g/mol. The molecule has 0 aliphatic carbocycles. The summed E-state index contributed by atoms with van der Waals surface area (Å²) in [6.07, 6.45) is 1.55. The Kier molecular flexibility index (Phi) is 4.11. The van der Waals surface area contributed by atoms with Crippen molar-refractivity contribution in [1.82, 2.24) is 0 Å². The van der Waals surface area contributed by atoms with Crippen molar-refractivity contribution in [1.29, 1.82) is 0 Å². The Labute approximate surface area is 110 Å². The molecule has 1 N–H and O–H groups in total. The number of anilines is 1. The second kappa shape index (κ2) is 5.79. The molecule has 0 radical (unpaired) electrons. The summed E-state index contributed by atoms with van der Waals surface area (Å²) in [5.74, 6) is 0.352. The lowest BCUT2D eigenvalue weighted by molar-refractivity contribution is -0.384. The number of nitro benzene ring substituents is 1. The number of rotatable bonds is 5. The van der Waals surface area contributed by atoms with Crippen LogP contribution < -0.4 is 5.32 Å². The van der Waals surface area contributed by atoms with Crippen molar-refractivity contribution >= 4 is 17.7 Å². The molecule has 2 atom stereocenters. The zero-order valence-electron chi connectivity index (χ0n) is 10.7. The van der Waals surface area contributed by atoms with Gasteiger partial charge in [-0.15, -0.1) is 0 Å². The van der Waals surface area contributed by atoms with Gasteiger partial charge in [-0.1, -0.05) is 0 Å². The van der Waals surface area contributed by atoms with Crippen molar-refractivity contribution in [3.05, 3.63) is 33.9 Å². The number of benzene rings is 1. The fraction of sp³-hybridized carbons (Fsp3) is 0.462. The number of hydrogen-bond donors (Lipinski definition) is 1. The van der Waals surface area contributed by atoms with Gasteiger partial charge in [0.25, 0.3) is 5.69 Å². The highest BCUT2D eigenvalue weighted by atomic mass is 16.6. The maximum absolute atomic E-state index is 11.0. The first-order valence-electron chi connectivity index (χ1n) is 6.19. The van der Waals surface area contributed by atoms with Crippen LogP contribution in [0.2, 0.25) is 0 Å². The first-order chi connectivity index (χ1) is 9.11. The van der Waals surface area contributed by atoms with Crippen LogP contribution in [0.3, 0.4) is 0 Å². The zero-order chi connectivity index (χ0) is 13.8. The zero-order valence-corrected chi connectivity index (χ0v) is 10.7. The van der Waals surface area contributed by atoms with Gasteiger partial charge in [-0.25, -0.2) is 0 Å². The Hall–Kier alpha value is -1.95. The fourth-order valence-corrected chi connectivity index (χ4v) is 2.21. The largest absolute Gasteiger partial charge is 0.381 e. The van der Waals surface area contributed by atoms with Crippen LogP contribution in [-0.4, -0.2) is 30.5 Å². The highest BCUT2D eigenvalue weighted by Gasteiger charge is 2.24. The third-order valence-corrected chi connectivity index (χ3v) is 3.41. The molecule has 2 unspecified atom stereocenters. The maximum atomic E-state index is 11.0. The van der Waals surface area contributed by atoms with Crippen molar-refractivity contribution in [3.8, 4) is 0 Å². The average molecular weight is 264 g/mol. The highest BCUT2D eigenvalue weighted by Crippen LogP contribution is 2.28. The standard InChI is InChI=1S/C13H16N2O4/c1-9(11-4-5-19-8-11)14-12-3-2-10(7-16)6-13(12)15(17)18/h2-3,6-7,9,11,14H,4-5,8H2,1H3. The van der Waals surface area contributed by atoms with Crippen molar-refractivity contribution in [2.45, 2.75) is 19.4 Å². The maximum Gasteiger partial charge on any atom is 0.293 e. The van der Waals surface area contributed by atoms with Gasteiger partial charge in [0.05, 0.1) is 11.5 Å². The van der Waals surface area contributed by atoms with E-state index in [1.165, 1.54) is 6.07 Å². The molecule has 0 bridgehead atoms. The SMILES string of the molecule is CC(Nc1ccc(C=O)cc1[N+](=O)[O-])C1CCOC1. The van der Waals surface area contributed by atoms with E-state index in [1.54, 1.807) is 12.1 Å². The minimum Gasteiger partial charge on any atom is -0.381 e. The van der Waals surface area contributed by atoms with Crippen molar-refractivity contribution in [2.24, 2.45) is 5.92 Å². The molecule has 6 heteroatoms. The minimum absolute atomic E-state index is 0.0737. The van der Waals surface area contributed by atoms with Crippen LogP contribution in [0.25, 0.3) is 0 Å². The summed E-state index contributed by atoms with van der Waals surface area (Å²) in [6.45, 7) is 3.40. The van der Waals surface area contributed by atoms with Crippen molar-refractivity contribution in [3.63, 3.8) is 0 Å². The van der Waals surface area contributed by atoms with Gasteiger partial charge in [-0.3, -0.25) is 14.9 Å². The van der Waals surface area contributed by atoms with Gasteiger partial charge < -0.3 is 10.1 Å². The molecule has 1 saturated heterocycles. The lowest BCUT2D eigenvalue weighted by Gasteiger charge is -2.20. The molecule has 0 amide bonds. The third kappa shape index (κ3) is 3.08. The summed E-state index contributed by atoms with van der Waals surface area (Å²) in [5.41, 5.74) is 0.666. The molecule has 1 aromatic carbocycles. The van der Waals surface area contributed by atoms with Gasteiger partial charge in [-0.2, -0.15) is 0 Å². The number of carbonyl (C=O) groups excluding carboxylic acids is 1. The second-order valence-corrected chi connectivity index (χ2v) is 4.71. The van der Waals surface area contributed by atoms with Gasteiger partial charge in [0.2, 0.25) is 0 Å². The van der Waals surface area contributed by atoms with Crippen LogP contribution in [-0.2, 0) is 4.74 Å². The van der Waals surface area contributed by atoms with E-state index >= 15 is 0 Å². The lowest BCUT2D eigenvalue weighted by Crippen LogP contribution is -2.26. The van der Waals surface area contributed by atoms with E-state index in [0.717, 1.165) is 13.0 Å². The van der Waals surface area contributed by atoms with E-state index in [9.17, 15) is 14.9 Å². The summed E-state index contributed by atoms with van der Waals surface area (Å²) >= 11 is 0. The molecule has 0 aromatic heterocycles. The predicted molar refractivity (Wildman–Crippen MR) is 70.5 cm³/mol. The third-order valence-electron chi connectivity index (χ3n) is 3.41. The molecule has 1 fully saturated rings. The molecule has 6 nitrogen and oxygen atoms in total. The molecule has 0 spiro atoms. The average Bonchev–Trinajstić information content (AvgIpc) is 2.92. The fourth-order valence-electron chi connectivity index (χ4n) is 2.21. The number of nitrogens with one attached hydrogen (secondary N) is 1. The lowest BCUT2D eigenvalue weighted by atomic mass is 10.0. The molecule has 19 heavy (non-hydrogen) atoms. The number of carbonyl (C=O) groups is 1. The first kappa shape index (κ1) is 13.5. The van der Waals surface area contributed by atoms with E-state index < -0.39 is 4.92 Å². The summed E-state index contributed by atoms with van der Waals surface area (Å²) in [6, 6.07) is 4.52. The molecule has 1 aliphatic rings. The smallest absolute Gasteiger partial charge is 0.293 e. The molecule has 1 aliphatic heterocycles. The van der Waals surface area contributed by atoms with Gasteiger partial charge in [0.1, 0.15) is 12.0 Å². The van der Waals surface area contributed by atoms with Crippen LogP contribution >= 0.6 is 0 Å². The van der Waals surface area contributed by atoms with Gasteiger partial charge >= 0.3 is 0 Å². The quantitative estimate of drug-likeness (QED) is 0.501. The second-order valence-electron chi connectivity index (χ2n) is 4.71. The number of aldehydes is 1. The van der Waals surface area contributed by atoms with Crippen molar-refractivity contribution < 1.29 is 14.5 Å². The Morgan fingerprint density at radius 3 is 2.95 bits per heavy atom. The number of nitrogens with zero attached hydrogens (tertiary/aromatic N) is 1. The Balaban J connectivity index is 2.18. The van der Waals surface area contributed by atoms with E-state index in [4.69, 9.17) is 4.74 Å². The Morgan fingerprint density at radius 2 is 2.37 bits per heavy atom. The number of ether oxygens (including phenoxy) is 1. The highest BCUT2D eigenvalue weighted by molar-refractivity contribution is 5.79. The van der Waals surface area contributed by atoms with Crippen LogP contribution in [0.1, 0.15) is 23.7 Å². The molecule has 1 heterocycles. The Morgan fingerprint density at radius 1 is 1.58 bits per heavy atom. The van der Waals surface area contributed by atoms with E-state index in [2.05, 4.69) is 5.32 Å². The summed E-state index contributed by atoms with van der Waals surface area (Å²) in [4.78, 5) is 21.2. The normalized spacial score (nSPS) is 19.9. The summed E-state index contributed by atoms with van der Waals surface area (Å²) in [5, 5.41) is 14.2. The van der Waals surface area contributed by atoms with Crippen LogP contribution in [0.4, 0.5) is 11.4 Å².